The SMILES string of the molecule is CC(C)c1csc(CNC(=NCC(=O)N(C)C)NCC2CCCCO2)n1.I. The van der Waals surface area contributed by atoms with Crippen molar-refractivity contribution >= 4 is 47.2 Å². The van der Waals surface area contributed by atoms with Crippen LogP contribution < -0.4 is 10.6 Å². The number of nitrogens with one attached hydrogen (secondary N) is 2. The highest BCUT2D eigenvalue weighted by molar-refractivity contribution is 14.0. The van der Waals surface area contributed by atoms with Crippen molar-refractivity contribution in [2.24, 2.45) is 4.99 Å². The fraction of sp³-hybridized carbons (Fsp3) is 0.722. The summed E-state index contributed by atoms with van der Waals surface area (Å²) in [6, 6.07) is 0. The molecular weight excluding hydrogens is 477 g/mol. The summed E-state index contributed by atoms with van der Waals surface area (Å²) in [6.07, 6.45) is 3.59. The Labute approximate surface area is 183 Å². The Balaban J connectivity index is 0.00000364. The number of nitrogens with zero attached hydrogens (tertiary/aromatic N) is 3. The number of hydrogen-bond donors (Lipinski definition) is 2. The third-order valence-electron chi connectivity index (χ3n) is 4.21. The van der Waals surface area contributed by atoms with E-state index >= 15 is 0 Å². The van der Waals surface area contributed by atoms with E-state index in [0.717, 1.165) is 30.2 Å². The predicted octanol–water partition coefficient (Wildman–Crippen LogP) is 2.58. The van der Waals surface area contributed by atoms with Crippen molar-refractivity contribution in [3.63, 3.8) is 0 Å². The van der Waals surface area contributed by atoms with E-state index < -0.39 is 0 Å². The van der Waals surface area contributed by atoms with Crippen LogP contribution in [-0.4, -0.2) is 61.6 Å². The number of aliphatic imine (C=N–C) groups is 1. The van der Waals surface area contributed by atoms with Crippen molar-refractivity contribution in [1.29, 1.82) is 0 Å². The summed E-state index contributed by atoms with van der Waals surface area (Å²) in [7, 11) is 3.47. The van der Waals surface area contributed by atoms with E-state index in [1.807, 2.05) is 0 Å². The van der Waals surface area contributed by atoms with Crippen LogP contribution in [0.4, 0.5) is 0 Å². The van der Waals surface area contributed by atoms with Gasteiger partial charge >= 0.3 is 0 Å². The molecule has 1 saturated heterocycles. The lowest BCUT2D eigenvalue weighted by Gasteiger charge is -2.23. The van der Waals surface area contributed by atoms with Gasteiger partial charge in [0.15, 0.2) is 5.96 Å². The molecule has 7 nitrogen and oxygen atoms in total. The maximum absolute atomic E-state index is 11.8. The molecule has 1 aromatic heterocycles. The number of halogens is 1. The summed E-state index contributed by atoms with van der Waals surface area (Å²) < 4.78 is 5.75. The Kier molecular flexibility index (Phi) is 11.2. The molecule has 27 heavy (non-hydrogen) atoms. The standard InChI is InChI=1S/C18H31N5O2S.HI/c1-13(2)15-12-26-16(22-15)10-20-18(21-11-17(24)23(3)4)19-9-14-7-5-6-8-25-14;/h12-14H,5-11H2,1-4H3,(H2,19,20,21);1H. The molecule has 0 bridgehead atoms. The van der Waals surface area contributed by atoms with E-state index in [-0.39, 0.29) is 42.5 Å². The molecule has 2 heterocycles. The summed E-state index contributed by atoms with van der Waals surface area (Å²) in [6.45, 7) is 6.49. The predicted molar refractivity (Wildman–Crippen MR) is 121 cm³/mol. The van der Waals surface area contributed by atoms with Gasteiger partial charge in [-0.2, -0.15) is 0 Å². The molecule has 2 rings (SSSR count). The molecule has 1 aliphatic heterocycles. The maximum atomic E-state index is 11.8. The largest absolute Gasteiger partial charge is 0.376 e. The van der Waals surface area contributed by atoms with E-state index in [1.165, 1.54) is 6.42 Å². The number of carbonyl (C=O) groups excluding carboxylic acids is 1. The molecule has 1 unspecified atom stereocenters. The van der Waals surface area contributed by atoms with Crippen LogP contribution in [0, 0.1) is 0 Å². The highest BCUT2D eigenvalue weighted by atomic mass is 127. The van der Waals surface area contributed by atoms with Gasteiger partial charge in [-0.1, -0.05) is 13.8 Å². The molecule has 1 amide bonds. The Morgan fingerprint density at radius 1 is 1.41 bits per heavy atom. The van der Waals surface area contributed by atoms with Crippen LogP contribution in [0.5, 0.6) is 0 Å². The molecule has 1 fully saturated rings. The summed E-state index contributed by atoms with van der Waals surface area (Å²) in [4.78, 5) is 22.4. The second-order valence-corrected chi connectivity index (χ2v) is 7.94. The second-order valence-electron chi connectivity index (χ2n) is 7.00. The number of ether oxygens (including phenoxy) is 1. The quantitative estimate of drug-likeness (QED) is 0.336. The fourth-order valence-electron chi connectivity index (χ4n) is 2.47. The summed E-state index contributed by atoms with van der Waals surface area (Å²) in [5.41, 5.74) is 1.11. The highest BCUT2D eigenvalue weighted by Gasteiger charge is 2.15. The highest BCUT2D eigenvalue weighted by Crippen LogP contribution is 2.17. The van der Waals surface area contributed by atoms with Crippen molar-refractivity contribution in [2.75, 3.05) is 33.8 Å². The monoisotopic (exact) mass is 509 g/mol. The Bertz CT molecular complexity index is 600. The van der Waals surface area contributed by atoms with Gasteiger partial charge in [0.25, 0.3) is 0 Å². The molecule has 9 heteroatoms. The summed E-state index contributed by atoms with van der Waals surface area (Å²) in [5, 5.41) is 9.69. The molecule has 0 aliphatic carbocycles. The molecule has 154 valence electrons. The minimum Gasteiger partial charge on any atom is -0.376 e. The van der Waals surface area contributed by atoms with Crippen LogP contribution in [-0.2, 0) is 16.1 Å². The van der Waals surface area contributed by atoms with Gasteiger partial charge in [0.1, 0.15) is 11.6 Å². The zero-order valence-corrected chi connectivity index (χ0v) is 19.8. The third-order valence-corrected chi connectivity index (χ3v) is 5.08. The molecule has 2 N–H and O–H groups in total. The van der Waals surface area contributed by atoms with Crippen molar-refractivity contribution in [2.45, 2.75) is 51.7 Å². The Morgan fingerprint density at radius 2 is 2.19 bits per heavy atom. The Hall–Kier alpha value is -0.940. The molecule has 0 saturated carbocycles. The van der Waals surface area contributed by atoms with E-state index in [2.05, 4.69) is 39.8 Å². The first-order valence-corrected chi connectivity index (χ1v) is 10.1. The van der Waals surface area contributed by atoms with E-state index in [0.29, 0.717) is 25.0 Å². The van der Waals surface area contributed by atoms with E-state index in [9.17, 15) is 4.79 Å². The first-order valence-electron chi connectivity index (χ1n) is 9.24. The van der Waals surface area contributed by atoms with Crippen molar-refractivity contribution in [1.82, 2.24) is 20.5 Å². The van der Waals surface area contributed by atoms with Crippen LogP contribution in [0.3, 0.4) is 0 Å². The van der Waals surface area contributed by atoms with Gasteiger partial charge in [-0.05, 0) is 25.2 Å². The number of aromatic nitrogens is 1. The minimum absolute atomic E-state index is 0. The average molecular weight is 509 g/mol. The van der Waals surface area contributed by atoms with Gasteiger partial charge in [-0.15, -0.1) is 35.3 Å². The molecule has 0 aromatic carbocycles. The lowest BCUT2D eigenvalue weighted by Crippen LogP contribution is -2.43. The summed E-state index contributed by atoms with van der Waals surface area (Å²) >= 11 is 1.64. The number of likely N-dealkylation sites (N-methyl/N-ethyl adjacent to an activating group) is 1. The fourth-order valence-corrected chi connectivity index (χ4v) is 3.37. The molecule has 0 radical (unpaired) electrons. The van der Waals surface area contributed by atoms with Gasteiger partial charge in [0, 0.05) is 32.6 Å². The van der Waals surface area contributed by atoms with Gasteiger partial charge in [-0.25, -0.2) is 9.98 Å². The van der Waals surface area contributed by atoms with Gasteiger partial charge in [0.05, 0.1) is 18.3 Å². The normalized spacial score (nSPS) is 17.4. The zero-order valence-electron chi connectivity index (χ0n) is 16.7. The third kappa shape index (κ3) is 8.73. The zero-order chi connectivity index (χ0) is 18.9. The van der Waals surface area contributed by atoms with Crippen molar-refractivity contribution < 1.29 is 9.53 Å². The Morgan fingerprint density at radius 3 is 2.78 bits per heavy atom. The van der Waals surface area contributed by atoms with Crippen molar-refractivity contribution in [3.05, 3.63) is 16.1 Å². The number of carbonyl (C=O) groups is 1. The van der Waals surface area contributed by atoms with Crippen LogP contribution >= 0.6 is 35.3 Å². The number of amides is 1. The first kappa shape index (κ1) is 24.1. The number of thiazole rings is 1. The molecular formula is C18H32IN5O2S. The van der Waals surface area contributed by atoms with E-state index in [1.54, 1.807) is 30.3 Å². The van der Waals surface area contributed by atoms with Gasteiger partial charge in [-0.3, -0.25) is 4.79 Å². The van der Waals surface area contributed by atoms with Gasteiger partial charge < -0.3 is 20.3 Å². The number of guanidine groups is 1. The second kappa shape index (κ2) is 12.5. The smallest absolute Gasteiger partial charge is 0.243 e. The maximum Gasteiger partial charge on any atom is 0.243 e. The summed E-state index contributed by atoms with van der Waals surface area (Å²) in [5.74, 6) is 1.01. The molecule has 1 aliphatic rings. The van der Waals surface area contributed by atoms with Crippen molar-refractivity contribution in [3.8, 4) is 0 Å². The lowest BCUT2D eigenvalue weighted by molar-refractivity contribution is -0.127. The topological polar surface area (TPSA) is 78.9 Å². The van der Waals surface area contributed by atoms with Crippen LogP contribution in [0.1, 0.15) is 49.7 Å². The molecule has 1 aromatic rings. The number of hydrogen-bond acceptors (Lipinski definition) is 5. The van der Waals surface area contributed by atoms with E-state index in [4.69, 9.17) is 4.74 Å². The molecule has 0 spiro atoms. The van der Waals surface area contributed by atoms with Crippen LogP contribution in [0.2, 0.25) is 0 Å². The molecule has 1 atom stereocenters. The average Bonchev–Trinajstić information content (AvgIpc) is 3.11. The first-order chi connectivity index (χ1) is 12.5. The number of rotatable bonds is 7. The van der Waals surface area contributed by atoms with Crippen LogP contribution in [0.15, 0.2) is 10.4 Å². The minimum atomic E-state index is -0.0311. The lowest BCUT2D eigenvalue weighted by atomic mass is 10.1. The van der Waals surface area contributed by atoms with Gasteiger partial charge in [0.2, 0.25) is 5.91 Å². The van der Waals surface area contributed by atoms with Crippen LogP contribution in [0.25, 0.3) is 0 Å².